The fourth-order valence-electron chi connectivity index (χ4n) is 5.19. The molecule has 2 saturated heterocycles. The van der Waals surface area contributed by atoms with Crippen molar-refractivity contribution in [2.75, 3.05) is 18.9 Å². The number of anilines is 1. The number of thioether (sulfide) groups is 1. The topological polar surface area (TPSA) is 91.3 Å². The number of terminal acetylenes is 1. The molecule has 0 bridgehead atoms. The normalized spacial score (nSPS) is 25.1. The predicted octanol–water partition coefficient (Wildman–Crippen LogP) is 3.37. The molecule has 0 spiro atoms. The van der Waals surface area contributed by atoms with Gasteiger partial charge >= 0.3 is 0 Å². The van der Waals surface area contributed by atoms with Crippen molar-refractivity contribution in [2.45, 2.75) is 88.5 Å². The Hall–Kier alpha value is -2.54. The highest BCUT2D eigenvalue weighted by Crippen LogP contribution is 2.47. The smallest absolute Gasteiger partial charge is 0.244 e. The second-order valence-electron chi connectivity index (χ2n) is 9.95. The number of rotatable bonds is 8. The number of aromatic nitrogens is 2. The predicted molar refractivity (Wildman–Crippen MR) is 148 cm³/mol. The number of carbonyl (C=O) groups is 2. The molecular weight excluding hydrogens is 472 g/mol. The lowest BCUT2D eigenvalue weighted by Gasteiger charge is -2.33. The SMILES string of the molecule is C#C/C=C\C(=C/C)n1nc(C)cc1NC(=O)[C@H]1N2C[C@@H](NC(=O)[C@H](CC)NC)CCC[C@H]2SC1(C)C. The minimum Gasteiger partial charge on any atom is -0.351 e. The zero-order valence-corrected chi connectivity index (χ0v) is 23.1. The van der Waals surface area contributed by atoms with Gasteiger partial charge in [-0.1, -0.05) is 18.9 Å². The van der Waals surface area contributed by atoms with Gasteiger partial charge in [-0.2, -0.15) is 5.10 Å². The van der Waals surface area contributed by atoms with E-state index in [9.17, 15) is 9.59 Å². The zero-order valence-electron chi connectivity index (χ0n) is 22.3. The molecule has 3 rings (SSSR count). The van der Waals surface area contributed by atoms with Crippen LogP contribution in [0.25, 0.3) is 5.70 Å². The van der Waals surface area contributed by atoms with Crippen LogP contribution < -0.4 is 16.0 Å². The van der Waals surface area contributed by atoms with E-state index in [0.717, 1.165) is 37.1 Å². The fourth-order valence-corrected chi connectivity index (χ4v) is 6.89. The number of nitrogens with zero attached hydrogens (tertiary/aromatic N) is 3. The molecule has 0 aliphatic carbocycles. The summed E-state index contributed by atoms with van der Waals surface area (Å²) in [6, 6.07) is 1.31. The lowest BCUT2D eigenvalue weighted by atomic mass is 10.00. The first-order valence-electron chi connectivity index (χ1n) is 12.7. The van der Waals surface area contributed by atoms with Gasteiger partial charge in [-0.15, -0.1) is 18.2 Å². The van der Waals surface area contributed by atoms with E-state index >= 15 is 0 Å². The van der Waals surface area contributed by atoms with Crippen molar-refractivity contribution in [2.24, 2.45) is 0 Å². The van der Waals surface area contributed by atoms with Crippen LogP contribution in [0.3, 0.4) is 0 Å². The third-order valence-corrected chi connectivity index (χ3v) is 8.49. The lowest BCUT2D eigenvalue weighted by Crippen LogP contribution is -2.55. The van der Waals surface area contributed by atoms with Gasteiger partial charge in [-0.3, -0.25) is 14.5 Å². The van der Waals surface area contributed by atoms with Gasteiger partial charge in [0.15, 0.2) is 0 Å². The maximum atomic E-state index is 13.8. The average Bonchev–Trinajstić information content (AvgIpc) is 3.22. The van der Waals surface area contributed by atoms with E-state index in [1.807, 2.05) is 51.7 Å². The molecule has 0 unspecified atom stereocenters. The van der Waals surface area contributed by atoms with Gasteiger partial charge in [-0.05, 0) is 72.6 Å². The third kappa shape index (κ3) is 6.23. The van der Waals surface area contributed by atoms with Gasteiger partial charge < -0.3 is 16.0 Å². The molecule has 0 saturated carbocycles. The number of fused-ring (bicyclic) bond motifs is 1. The van der Waals surface area contributed by atoms with Crippen LogP contribution in [0.2, 0.25) is 0 Å². The van der Waals surface area contributed by atoms with Crippen LogP contribution in [0.4, 0.5) is 5.82 Å². The minimum absolute atomic E-state index is 0.00556. The number of nitrogens with one attached hydrogen (secondary N) is 3. The first kappa shape index (κ1) is 28.0. The summed E-state index contributed by atoms with van der Waals surface area (Å²) in [6.07, 6.45) is 14.3. The Bertz CT molecular complexity index is 1050. The number of hydrogen-bond donors (Lipinski definition) is 3. The highest BCUT2D eigenvalue weighted by molar-refractivity contribution is 8.01. The molecule has 9 heteroatoms. The highest BCUT2D eigenvalue weighted by Gasteiger charge is 2.52. The van der Waals surface area contributed by atoms with Gasteiger partial charge in [0.1, 0.15) is 11.9 Å². The number of carbonyl (C=O) groups excluding carboxylic acids is 2. The molecule has 2 aliphatic rings. The monoisotopic (exact) mass is 512 g/mol. The molecule has 1 aromatic heterocycles. The number of likely N-dealkylation sites (N-methyl/N-ethyl adjacent to an activating group) is 1. The summed E-state index contributed by atoms with van der Waals surface area (Å²) in [7, 11) is 1.81. The molecule has 3 N–H and O–H groups in total. The van der Waals surface area contributed by atoms with Gasteiger partial charge in [0.2, 0.25) is 11.8 Å². The highest BCUT2D eigenvalue weighted by atomic mass is 32.2. The summed E-state index contributed by atoms with van der Waals surface area (Å²) in [5.41, 5.74) is 1.58. The van der Waals surface area contributed by atoms with E-state index in [2.05, 4.69) is 45.7 Å². The van der Waals surface area contributed by atoms with Crippen molar-refractivity contribution in [1.82, 2.24) is 25.3 Å². The van der Waals surface area contributed by atoms with E-state index in [-0.39, 0.29) is 40.1 Å². The second-order valence-corrected chi connectivity index (χ2v) is 11.8. The molecule has 2 amide bonds. The van der Waals surface area contributed by atoms with Crippen LogP contribution in [0, 0.1) is 19.3 Å². The largest absolute Gasteiger partial charge is 0.351 e. The van der Waals surface area contributed by atoms with Gasteiger partial charge in [0, 0.05) is 23.4 Å². The van der Waals surface area contributed by atoms with E-state index < -0.39 is 0 Å². The summed E-state index contributed by atoms with van der Waals surface area (Å²) in [4.78, 5) is 28.9. The van der Waals surface area contributed by atoms with Crippen molar-refractivity contribution in [1.29, 1.82) is 0 Å². The zero-order chi connectivity index (χ0) is 26.5. The molecule has 0 radical (unpaired) electrons. The van der Waals surface area contributed by atoms with Gasteiger partial charge in [0.05, 0.1) is 22.8 Å². The summed E-state index contributed by atoms with van der Waals surface area (Å²) < 4.78 is 1.42. The maximum absolute atomic E-state index is 13.8. The van der Waals surface area contributed by atoms with Gasteiger partial charge in [-0.25, -0.2) is 4.68 Å². The molecule has 8 nitrogen and oxygen atoms in total. The number of amides is 2. The van der Waals surface area contributed by atoms with E-state index in [4.69, 9.17) is 6.42 Å². The first-order valence-corrected chi connectivity index (χ1v) is 13.6. The van der Waals surface area contributed by atoms with Crippen LogP contribution in [0.5, 0.6) is 0 Å². The Morgan fingerprint density at radius 3 is 2.78 bits per heavy atom. The Kier molecular flexibility index (Phi) is 9.45. The molecule has 3 heterocycles. The van der Waals surface area contributed by atoms with Crippen LogP contribution in [-0.2, 0) is 9.59 Å². The molecule has 2 fully saturated rings. The Morgan fingerprint density at radius 1 is 1.39 bits per heavy atom. The standard InChI is InChI=1S/C27H40N6O2S/c1-8-11-14-20(9-2)33-22(16-18(4)31-33)30-26(35)24-27(5,6)36-23-15-12-13-19(17-32(23)24)29-25(34)21(10-3)28-7/h1,9,11,14,16,19,21,23-24,28H,10,12-13,15,17H2,2-7H3,(H,29,34)(H,30,35)/b14-11-,20-9+/t19-,21-,23+,24+/m0/s1. The summed E-state index contributed by atoms with van der Waals surface area (Å²) >= 11 is 1.85. The molecule has 0 aromatic carbocycles. The second kappa shape index (κ2) is 12.1. The number of hydrogen-bond acceptors (Lipinski definition) is 6. The molecular formula is C27H40N6O2S. The van der Waals surface area contributed by atoms with Crippen LogP contribution >= 0.6 is 11.8 Å². The number of allylic oxidation sites excluding steroid dienone is 4. The third-order valence-electron chi connectivity index (χ3n) is 6.88. The van der Waals surface area contributed by atoms with Gasteiger partial charge in [0.25, 0.3) is 0 Å². The number of aryl methyl sites for hydroxylation is 1. The average molecular weight is 513 g/mol. The van der Waals surface area contributed by atoms with E-state index in [0.29, 0.717) is 12.4 Å². The van der Waals surface area contributed by atoms with E-state index in [1.165, 1.54) is 0 Å². The molecule has 4 atom stereocenters. The Balaban J connectivity index is 1.83. The Labute approximate surface area is 219 Å². The van der Waals surface area contributed by atoms with Crippen molar-refractivity contribution < 1.29 is 9.59 Å². The quantitative estimate of drug-likeness (QED) is 0.366. The van der Waals surface area contributed by atoms with Crippen LogP contribution in [0.15, 0.2) is 24.3 Å². The summed E-state index contributed by atoms with van der Waals surface area (Å²) in [5.74, 6) is 3.06. The van der Waals surface area contributed by atoms with E-state index in [1.54, 1.807) is 16.8 Å². The Morgan fingerprint density at radius 2 is 2.14 bits per heavy atom. The van der Waals surface area contributed by atoms with Crippen LogP contribution in [0.1, 0.15) is 59.1 Å². The minimum atomic E-state index is -0.352. The summed E-state index contributed by atoms with van der Waals surface area (Å²) in [5, 5.41) is 14.3. The first-order chi connectivity index (χ1) is 17.1. The maximum Gasteiger partial charge on any atom is 0.244 e. The van der Waals surface area contributed by atoms with Crippen molar-refractivity contribution >= 4 is 35.1 Å². The van der Waals surface area contributed by atoms with Crippen molar-refractivity contribution in [3.05, 3.63) is 30.0 Å². The molecule has 36 heavy (non-hydrogen) atoms. The van der Waals surface area contributed by atoms with Crippen molar-refractivity contribution in [3.63, 3.8) is 0 Å². The molecule has 196 valence electrons. The molecule has 1 aromatic rings. The summed E-state index contributed by atoms with van der Waals surface area (Å²) in [6.45, 7) is 10.7. The molecule has 2 aliphatic heterocycles. The lowest BCUT2D eigenvalue weighted by molar-refractivity contribution is -0.124. The fraction of sp³-hybridized carbons (Fsp3) is 0.593. The van der Waals surface area contributed by atoms with Crippen LogP contribution in [-0.4, -0.2) is 68.3 Å². The van der Waals surface area contributed by atoms with Crippen molar-refractivity contribution in [3.8, 4) is 12.3 Å².